The molecule has 0 bridgehead atoms. The number of hydrogen-bond acceptors (Lipinski definition) is 4. The molecule has 2 atom stereocenters. The normalized spacial score (nSPS) is 25.7. The van der Waals surface area contributed by atoms with Crippen molar-refractivity contribution in [3.05, 3.63) is 0 Å². The first-order valence-electron chi connectivity index (χ1n) is 4.78. The number of thioether (sulfide) groups is 1. The van der Waals surface area contributed by atoms with Crippen molar-refractivity contribution in [2.24, 2.45) is 0 Å². The predicted molar refractivity (Wildman–Crippen MR) is 57.2 cm³/mol. The molecule has 2 unspecified atom stereocenters. The summed E-state index contributed by atoms with van der Waals surface area (Å²) in [6, 6.07) is 0.0807. The highest BCUT2D eigenvalue weighted by molar-refractivity contribution is 8.00. The molecule has 0 aromatic rings. The summed E-state index contributed by atoms with van der Waals surface area (Å²) in [6.07, 6.45) is 0.866. The topological polar surface area (TPSA) is 77.8 Å². The Morgan fingerprint density at radius 3 is 2.20 bits per heavy atom. The van der Waals surface area contributed by atoms with Gasteiger partial charge in [0.2, 0.25) is 0 Å². The van der Waals surface area contributed by atoms with Crippen molar-refractivity contribution in [3.8, 4) is 0 Å². The van der Waals surface area contributed by atoms with Gasteiger partial charge in [0, 0.05) is 17.0 Å². The van der Waals surface area contributed by atoms with E-state index < -0.39 is 11.9 Å². The summed E-state index contributed by atoms with van der Waals surface area (Å²) < 4.78 is 0. The van der Waals surface area contributed by atoms with Crippen LogP contribution in [0.25, 0.3) is 0 Å². The van der Waals surface area contributed by atoms with E-state index in [9.17, 15) is 9.59 Å². The highest BCUT2D eigenvalue weighted by atomic mass is 32.2. The van der Waals surface area contributed by atoms with Crippen molar-refractivity contribution < 1.29 is 19.8 Å². The highest BCUT2D eigenvalue weighted by Crippen LogP contribution is 2.29. The van der Waals surface area contributed by atoms with Crippen molar-refractivity contribution in [1.29, 1.82) is 0 Å². The van der Waals surface area contributed by atoms with Gasteiger partial charge in [-0.15, -0.1) is 0 Å². The molecule has 0 saturated carbocycles. The van der Waals surface area contributed by atoms with Gasteiger partial charge < -0.3 is 10.2 Å². The van der Waals surface area contributed by atoms with E-state index in [-0.39, 0.29) is 19.1 Å². The van der Waals surface area contributed by atoms with Crippen molar-refractivity contribution in [1.82, 2.24) is 4.90 Å². The molecular formula is C9H15NO4S. The second-order valence-electron chi connectivity index (χ2n) is 3.73. The third-order valence-electron chi connectivity index (χ3n) is 2.37. The molecule has 5 nitrogen and oxygen atoms in total. The van der Waals surface area contributed by atoms with Crippen LogP contribution in [0.4, 0.5) is 0 Å². The van der Waals surface area contributed by atoms with Gasteiger partial charge in [0.05, 0.1) is 13.1 Å². The van der Waals surface area contributed by atoms with E-state index in [2.05, 4.69) is 6.92 Å². The zero-order chi connectivity index (χ0) is 11.4. The van der Waals surface area contributed by atoms with Crippen LogP contribution in [0, 0.1) is 0 Å². The van der Waals surface area contributed by atoms with Crippen LogP contribution in [0.15, 0.2) is 0 Å². The molecule has 1 saturated heterocycles. The molecule has 0 spiro atoms. The summed E-state index contributed by atoms with van der Waals surface area (Å²) >= 11 is 1.76. The van der Waals surface area contributed by atoms with Gasteiger partial charge in [-0.05, 0) is 6.42 Å². The van der Waals surface area contributed by atoms with Crippen LogP contribution in [0.3, 0.4) is 0 Å². The maximum absolute atomic E-state index is 10.6. The minimum absolute atomic E-state index is 0.0807. The van der Waals surface area contributed by atoms with Crippen molar-refractivity contribution >= 4 is 23.7 Å². The fourth-order valence-corrected chi connectivity index (χ4v) is 2.97. The van der Waals surface area contributed by atoms with Crippen LogP contribution >= 0.6 is 11.8 Å². The van der Waals surface area contributed by atoms with Crippen molar-refractivity contribution in [3.63, 3.8) is 0 Å². The fraction of sp³-hybridized carbons (Fsp3) is 0.778. The van der Waals surface area contributed by atoms with E-state index >= 15 is 0 Å². The van der Waals surface area contributed by atoms with E-state index in [4.69, 9.17) is 10.2 Å². The predicted octanol–water partition coefficient (Wildman–Crippen LogP) is 0.352. The zero-order valence-corrected chi connectivity index (χ0v) is 9.37. The Kier molecular flexibility index (Phi) is 4.41. The molecular weight excluding hydrogens is 218 g/mol. The Bertz CT molecular complexity index is 242. The number of nitrogens with zero attached hydrogens (tertiary/aromatic N) is 1. The molecule has 0 aromatic carbocycles. The zero-order valence-electron chi connectivity index (χ0n) is 8.55. The summed E-state index contributed by atoms with van der Waals surface area (Å²) in [5, 5.41) is 17.8. The lowest BCUT2D eigenvalue weighted by molar-refractivity contribution is -0.142. The second kappa shape index (κ2) is 5.37. The van der Waals surface area contributed by atoms with Gasteiger partial charge in [0.25, 0.3) is 0 Å². The minimum Gasteiger partial charge on any atom is -0.480 e. The molecule has 1 rings (SSSR count). The SMILES string of the molecule is CC1CC(N(CC(=O)O)CC(=O)O)CS1. The van der Waals surface area contributed by atoms with Gasteiger partial charge >= 0.3 is 11.9 Å². The maximum Gasteiger partial charge on any atom is 0.317 e. The van der Waals surface area contributed by atoms with Crippen LogP contribution in [0.1, 0.15) is 13.3 Å². The van der Waals surface area contributed by atoms with Crippen LogP contribution in [-0.4, -0.2) is 57.2 Å². The number of rotatable bonds is 5. The summed E-state index contributed by atoms with van der Waals surface area (Å²) in [7, 11) is 0. The Balaban J connectivity index is 2.54. The van der Waals surface area contributed by atoms with E-state index in [1.807, 2.05) is 0 Å². The summed E-state index contributed by atoms with van der Waals surface area (Å²) in [6.45, 7) is 1.69. The van der Waals surface area contributed by atoms with Crippen molar-refractivity contribution in [2.45, 2.75) is 24.6 Å². The standard InChI is InChI=1S/C9H15NO4S/c1-6-2-7(5-15-6)10(3-8(11)12)4-9(13)14/h6-7H,2-5H2,1H3,(H,11,12)(H,13,14). The largest absolute Gasteiger partial charge is 0.480 e. The summed E-state index contributed by atoms with van der Waals surface area (Å²) in [4.78, 5) is 22.7. The molecule has 1 heterocycles. The van der Waals surface area contributed by atoms with Crippen LogP contribution in [-0.2, 0) is 9.59 Å². The molecule has 1 aliphatic rings. The minimum atomic E-state index is -0.971. The molecule has 1 aliphatic heterocycles. The van der Waals surface area contributed by atoms with Gasteiger partial charge in [-0.25, -0.2) is 0 Å². The lowest BCUT2D eigenvalue weighted by atomic mass is 10.1. The molecule has 0 radical (unpaired) electrons. The van der Waals surface area contributed by atoms with Gasteiger partial charge in [-0.3, -0.25) is 14.5 Å². The molecule has 0 amide bonds. The van der Waals surface area contributed by atoms with Crippen LogP contribution < -0.4 is 0 Å². The quantitative estimate of drug-likeness (QED) is 0.713. The number of hydrogen-bond donors (Lipinski definition) is 2. The van der Waals surface area contributed by atoms with Crippen molar-refractivity contribution in [2.75, 3.05) is 18.8 Å². The monoisotopic (exact) mass is 233 g/mol. The number of aliphatic carboxylic acids is 2. The fourth-order valence-electron chi connectivity index (χ4n) is 1.71. The molecule has 86 valence electrons. The Morgan fingerprint density at radius 1 is 1.33 bits per heavy atom. The van der Waals surface area contributed by atoms with Gasteiger partial charge in [-0.1, -0.05) is 6.92 Å². The molecule has 0 aliphatic carbocycles. The molecule has 6 heteroatoms. The molecule has 2 N–H and O–H groups in total. The molecule has 0 aromatic heterocycles. The first-order valence-corrected chi connectivity index (χ1v) is 5.83. The first-order chi connectivity index (χ1) is 6.99. The molecule has 15 heavy (non-hydrogen) atoms. The molecule has 1 fully saturated rings. The van der Waals surface area contributed by atoms with E-state index in [0.717, 1.165) is 12.2 Å². The average Bonchev–Trinajstić information content (AvgIpc) is 2.48. The second-order valence-corrected chi connectivity index (χ2v) is 5.20. The highest BCUT2D eigenvalue weighted by Gasteiger charge is 2.29. The Morgan fingerprint density at radius 2 is 1.87 bits per heavy atom. The van der Waals surface area contributed by atoms with E-state index in [0.29, 0.717) is 5.25 Å². The maximum atomic E-state index is 10.6. The third-order valence-corrected chi connectivity index (χ3v) is 3.71. The Hall–Kier alpha value is -0.750. The number of carbonyl (C=O) groups is 2. The summed E-state index contributed by atoms with van der Waals surface area (Å²) in [5.41, 5.74) is 0. The number of carboxylic acid groups (broad SMARTS) is 2. The average molecular weight is 233 g/mol. The van der Waals surface area contributed by atoms with E-state index in [1.54, 1.807) is 11.8 Å². The van der Waals surface area contributed by atoms with Gasteiger partial charge in [0.1, 0.15) is 0 Å². The van der Waals surface area contributed by atoms with Crippen LogP contribution in [0.2, 0.25) is 0 Å². The third kappa shape index (κ3) is 4.09. The smallest absolute Gasteiger partial charge is 0.317 e. The Labute approximate surface area is 92.4 Å². The first kappa shape index (κ1) is 12.3. The summed E-state index contributed by atoms with van der Waals surface area (Å²) in [5.74, 6) is -1.12. The van der Waals surface area contributed by atoms with Crippen LogP contribution in [0.5, 0.6) is 0 Å². The van der Waals surface area contributed by atoms with Gasteiger partial charge in [-0.2, -0.15) is 11.8 Å². The van der Waals surface area contributed by atoms with Gasteiger partial charge in [0.15, 0.2) is 0 Å². The van der Waals surface area contributed by atoms with E-state index in [1.165, 1.54) is 4.90 Å². The lowest BCUT2D eigenvalue weighted by Gasteiger charge is -2.24. The lowest BCUT2D eigenvalue weighted by Crippen LogP contribution is -2.42. The number of carboxylic acids is 2.